The molecule has 8 heteroatoms. The first-order valence-corrected chi connectivity index (χ1v) is 11.2. The van der Waals surface area contributed by atoms with E-state index in [0.29, 0.717) is 23.4 Å². The van der Waals surface area contributed by atoms with E-state index >= 15 is 0 Å². The number of nitrogens with one attached hydrogen (secondary N) is 2. The van der Waals surface area contributed by atoms with Gasteiger partial charge < -0.3 is 20.5 Å². The fourth-order valence-electron chi connectivity index (χ4n) is 3.17. The zero-order valence-corrected chi connectivity index (χ0v) is 18.3. The van der Waals surface area contributed by atoms with E-state index in [1.165, 1.54) is 22.5 Å². The van der Waals surface area contributed by atoms with E-state index in [0.717, 1.165) is 44.3 Å². The van der Waals surface area contributed by atoms with Gasteiger partial charge in [0.05, 0.1) is 24.1 Å². The molecular formula is C21H29ClN4O2S. The van der Waals surface area contributed by atoms with Gasteiger partial charge in [0.1, 0.15) is 6.10 Å². The van der Waals surface area contributed by atoms with Gasteiger partial charge >= 0.3 is 0 Å². The number of rotatable bonds is 8. The summed E-state index contributed by atoms with van der Waals surface area (Å²) in [5, 5.41) is 16.8. The predicted octanol–water partition coefficient (Wildman–Crippen LogP) is 3.02. The Morgan fingerprint density at radius 3 is 2.66 bits per heavy atom. The molecule has 0 saturated carbocycles. The molecule has 29 heavy (non-hydrogen) atoms. The monoisotopic (exact) mass is 436 g/mol. The molecular weight excluding hydrogens is 408 g/mol. The van der Waals surface area contributed by atoms with Crippen molar-refractivity contribution in [3.8, 4) is 0 Å². The number of hydrogen-bond donors (Lipinski definition) is 3. The summed E-state index contributed by atoms with van der Waals surface area (Å²) >= 11 is 7.35. The van der Waals surface area contributed by atoms with Crippen molar-refractivity contribution in [1.29, 1.82) is 0 Å². The molecule has 2 heterocycles. The molecule has 1 saturated heterocycles. The summed E-state index contributed by atoms with van der Waals surface area (Å²) in [4.78, 5) is 7.98. The number of hydrogen-bond acceptors (Lipinski definition) is 5. The van der Waals surface area contributed by atoms with Crippen molar-refractivity contribution < 1.29 is 9.84 Å². The molecule has 0 bridgehead atoms. The van der Waals surface area contributed by atoms with E-state index in [4.69, 9.17) is 21.3 Å². The number of guanidine groups is 1. The van der Waals surface area contributed by atoms with Crippen LogP contribution in [0.4, 0.5) is 0 Å². The van der Waals surface area contributed by atoms with Gasteiger partial charge in [-0.1, -0.05) is 35.9 Å². The average molecular weight is 437 g/mol. The highest BCUT2D eigenvalue weighted by Crippen LogP contribution is 2.26. The standard InChI is InChI=1S/C21H29ClN4O2S/c1-2-23-21(25-14-18(27)19-7-8-20(22)29-19)24-13-16-5-3-4-6-17(16)15-26-9-11-28-12-10-26/h3-8,18,27H,2,9-15H2,1H3,(H2,23,24,25). The molecule has 6 nitrogen and oxygen atoms in total. The number of morpholine rings is 1. The lowest BCUT2D eigenvalue weighted by Gasteiger charge is -2.27. The van der Waals surface area contributed by atoms with Crippen LogP contribution < -0.4 is 10.6 Å². The van der Waals surface area contributed by atoms with Gasteiger partial charge in [-0.3, -0.25) is 4.90 Å². The average Bonchev–Trinajstić information content (AvgIpc) is 3.18. The Kier molecular flexibility index (Phi) is 8.76. The van der Waals surface area contributed by atoms with Gasteiger partial charge in [0.2, 0.25) is 0 Å². The molecule has 1 aliphatic heterocycles. The Bertz CT molecular complexity index is 792. The van der Waals surface area contributed by atoms with Crippen LogP contribution in [-0.2, 0) is 17.8 Å². The molecule has 1 aromatic carbocycles. The third-order valence-electron chi connectivity index (χ3n) is 4.75. The Hall–Kier alpha value is -1.64. The fourth-order valence-corrected chi connectivity index (χ4v) is 4.22. The largest absolute Gasteiger partial charge is 0.386 e. The molecule has 1 fully saturated rings. The smallest absolute Gasteiger partial charge is 0.191 e. The van der Waals surface area contributed by atoms with Crippen LogP contribution in [0.3, 0.4) is 0 Å². The Balaban J connectivity index is 1.60. The lowest BCUT2D eigenvalue weighted by atomic mass is 10.1. The van der Waals surface area contributed by atoms with E-state index in [-0.39, 0.29) is 0 Å². The number of aliphatic hydroxyl groups is 1. The summed E-state index contributed by atoms with van der Waals surface area (Å²) in [7, 11) is 0. The van der Waals surface area contributed by atoms with Crippen molar-refractivity contribution in [2.45, 2.75) is 26.1 Å². The maximum atomic E-state index is 10.4. The SMILES string of the molecule is CCNC(=NCc1ccccc1CN1CCOCC1)NCC(O)c1ccc(Cl)s1. The van der Waals surface area contributed by atoms with Crippen LogP contribution in [0.5, 0.6) is 0 Å². The van der Waals surface area contributed by atoms with Gasteiger partial charge in [0.25, 0.3) is 0 Å². The normalized spacial score (nSPS) is 16.6. The molecule has 1 aromatic heterocycles. The number of aliphatic imine (C=N–C) groups is 1. The first kappa shape index (κ1) is 22.1. The van der Waals surface area contributed by atoms with Crippen LogP contribution in [0.15, 0.2) is 41.4 Å². The number of benzene rings is 1. The summed E-state index contributed by atoms with van der Waals surface area (Å²) in [5.41, 5.74) is 2.50. The van der Waals surface area contributed by atoms with Gasteiger partial charge in [-0.15, -0.1) is 11.3 Å². The minimum Gasteiger partial charge on any atom is -0.386 e. The van der Waals surface area contributed by atoms with Crippen molar-refractivity contribution >= 4 is 28.9 Å². The summed E-state index contributed by atoms with van der Waals surface area (Å²) in [5.74, 6) is 0.690. The van der Waals surface area contributed by atoms with Crippen LogP contribution >= 0.6 is 22.9 Å². The minimum atomic E-state index is -0.620. The molecule has 3 rings (SSSR count). The van der Waals surface area contributed by atoms with E-state index in [9.17, 15) is 5.11 Å². The van der Waals surface area contributed by atoms with Crippen LogP contribution in [0.1, 0.15) is 29.0 Å². The third kappa shape index (κ3) is 6.97. The van der Waals surface area contributed by atoms with Gasteiger partial charge in [-0.2, -0.15) is 0 Å². The molecule has 3 N–H and O–H groups in total. The highest BCUT2D eigenvalue weighted by Gasteiger charge is 2.13. The van der Waals surface area contributed by atoms with Gasteiger partial charge in [0.15, 0.2) is 5.96 Å². The third-order valence-corrected chi connectivity index (χ3v) is 6.09. The summed E-state index contributed by atoms with van der Waals surface area (Å²) < 4.78 is 6.12. The van der Waals surface area contributed by atoms with Crippen molar-refractivity contribution in [3.63, 3.8) is 0 Å². The zero-order chi connectivity index (χ0) is 20.5. The molecule has 158 valence electrons. The molecule has 0 radical (unpaired) electrons. The molecule has 0 spiro atoms. The lowest BCUT2D eigenvalue weighted by Crippen LogP contribution is -2.39. The topological polar surface area (TPSA) is 69.1 Å². The number of thiophene rings is 1. The van der Waals surface area contributed by atoms with Gasteiger partial charge in [-0.05, 0) is 30.2 Å². The quantitative estimate of drug-likeness (QED) is 0.438. The molecule has 2 aromatic rings. The summed E-state index contributed by atoms with van der Waals surface area (Å²) in [6, 6.07) is 12.1. The van der Waals surface area contributed by atoms with E-state index in [2.05, 4.69) is 39.8 Å². The first-order valence-electron chi connectivity index (χ1n) is 9.98. The highest BCUT2D eigenvalue weighted by molar-refractivity contribution is 7.16. The van der Waals surface area contributed by atoms with Gasteiger partial charge in [-0.25, -0.2) is 4.99 Å². The van der Waals surface area contributed by atoms with Crippen LogP contribution in [-0.4, -0.2) is 55.4 Å². The fraction of sp³-hybridized carbons (Fsp3) is 0.476. The second kappa shape index (κ2) is 11.5. The number of nitrogens with zero attached hydrogens (tertiary/aromatic N) is 2. The molecule has 1 unspecified atom stereocenters. The lowest BCUT2D eigenvalue weighted by molar-refractivity contribution is 0.0341. The van der Waals surface area contributed by atoms with Crippen molar-refractivity contribution in [2.24, 2.45) is 4.99 Å². The molecule has 0 aliphatic carbocycles. The first-order chi connectivity index (χ1) is 14.2. The zero-order valence-electron chi connectivity index (χ0n) is 16.7. The van der Waals surface area contributed by atoms with Crippen molar-refractivity contribution in [2.75, 3.05) is 39.4 Å². The maximum Gasteiger partial charge on any atom is 0.191 e. The number of halogens is 1. The second-order valence-electron chi connectivity index (χ2n) is 6.89. The molecule has 1 atom stereocenters. The van der Waals surface area contributed by atoms with Crippen molar-refractivity contribution in [3.05, 3.63) is 56.7 Å². The van der Waals surface area contributed by atoms with Gasteiger partial charge in [0, 0.05) is 37.6 Å². The Labute approximate surface area is 181 Å². The maximum absolute atomic E-state index is 10.4. The number of aliphatic hydroxyl groups excluding tert-OH is 1. The molecule has 0 amide bonds. The highest BCUT2D eigenvalue weighted by atomic mass is 35.5. The van der Waals surface area contributed by atoms with E-state index in [1.54, 1.807) is 6.07 Å². The Morgan fingerprint density at radius 2 is 1.97 bits per heavy atom. The summed E-state index contributed by atoms with van der Waals surface area (Å²) in [6.45, 7) is 8.17. The van der Waals surface area contributed by atoms with Crippen molar-refractivity contribution in [1.82, 2.24) is 15.5 Å². The van der Waals surface area contributed by atoms with Crippen LogP contribution in [0, 0.1) is 0 Å². The minimum absolute atomic E-state index is 0.373. The van der Waals surface area contributed by atoms with Crippen LogP contribution in [0.25, 0.3) is 0 Å². The van der Waals surface area contributed by atoms with E-state index < -0.39 is 6.10 Å². The van der Waals surface area contributed by atoms with E-state index in [1.807, 2.05) is 13.0 Å². The molecule has 1 aliphatic rings. The summed E-state index contributed by atoms with van der Waals surface area (Å²) in [6.07, 6.45) is -0.620. The second-order valence-corrected chi connectivity index (χ2v) is 8.64. The Morgan fingerprint density at radius 1 is 1.21 bits per heavy atom. The predicted molar refractivity (Wildman–Crippen MR) is 120 cm³/mol. The number of ether oxygens (including phenoxy) is 1. The van der Waals surface area contributed by atoms with Crippen LogP contribution in [0.2, 0.25) is 4.34 Å².